The van der Waals surface area contributed by atoms with Crippen LogP contribution in [-0.2, 0) is 7.05 Å². The quantitative estimate of drug-likeness (QED) is 0.721. The summed E-state index contributed by atoms with van der Waals surface area (Å²) >= 11 is 1.48. The van der Waals surface area contributed by atoms with Gasteiger partial charge in [-0.2, -0.15) is 10.1 Å². The van der Waals surface area contributed by atoms with Crippen LogP contribution in [0.1, 0.15) is 39.8 Å². The Kier molecular flexibility index (Phi) is 4.84. The Hall–Kier alpha value is -2.45. The summed E-state index contributed by atoms with van der Waals surface area (Å²) in [6.45, 7) is 3.93. The fraction of sp³-hybridized carbons (Fsp3) is 0.421. The van der Waals surface area contributed by atoms with E-state index in [0.29, 0.717) is 16.7 Å². The lowest BCUT2D eigenvalue weighted by Gasteiger charge is -2.19. The van der Waals surface area contributed by atoms with Crippen molar-refractivity contribution in [3.05, 3.63) is 34.5 Å². The number of anilines is 1. The van der Waals surface area contributed by atoms with Crippen LogP contribution in [0, 0.1) is 6.92 Å². The number of carbonyl (C=O) groups is 1. The van der Waals surface area contributed by atoms with Gasteiger partial charge in [0.25, 0.3) is 5.91 Å². The van der Waals surface area contributed by atoms with Crippen molar-refractivity contribution < 1.29 is 9.53 Å². The second kappa shape index (κ2) is 7.28. The SMILES string of the molecule is COc1ccc2sc(C(=O)Nc3nc(C4CCNCC4)nn3C)c(C)c2c1. The van der Waals surface area contributed by atoms with Gasteiger partial charge in [-0.15, -0.1) is 11.3 Å². The van der Waals surface area contributed by atoms with E-state index in [9.17, 15) is 4.79 Å². The zero-order valence-corrected chi connectivity index (χ0v) is 16.5. The highest BCUT2D eigenvalue weighted by Crippen LogP contribution is 2.33. The highest BCUT2D eigenvalue weighted by atomic mass is 32.1. The van der Waals surface area contributed by atoms with Crippen molar-refractivity contribution >= 4 is 33.3 Å². The van der Waals surface area contributed by atoms with Crippen LogP contribution in [0.3, 0.4) is 0 Å². The van der Waals surface area contributed by atoms with Gasteiger partial charge in [0.2, 0.25) is 5.95 Å². The molecule has 1 aliphatic heterocycles. The minimum Gasteiger partial charge on any atom is -0.497 e. The average Bonchev–Trinajstić information content (AvgIpc) is 3.22. The number of nitrogens with one attached hydrogen (secondary N) is 2. The Morgan fingerprint density at radius 1 is 1.37 bits per heavy atom. The lowest BCUT2D eigenvalue weighted by Crippen LogP contribution is -2.27. The molecule has 0 saturated carbocycles. The molecule has 0 aliphatic carbocycles. The van der Waals surface area contributed by atoms with Gasteiger partial charge in [-0.3, -0.25) is 10.1 Å². The van der Waals surface area contributed by atoms with Crippen molar-refractivity contribution in [1.82, 2.24) is 20.1 Å². The molecule has 1 aliphatic rings. The van der Waals surface area contributed by atoms with Crippen LogP contribution in [0.25, 0.3) is 10.1 Å². The highest BCUT2D eigenvalue weighted by molar-refractivity contribution is 7.21. The molecule has 1 fully saturated rings. The number of methoxy groups -OCH3 is 1. The first-order valence-electron chi connectivity index (χ1n) is 9.07. The van der Waals surface area contributed by atoms with E-state index in [0.717, 1.165) is 53.2 Å². The molecule has 4 rings (SSSR count). The summed E-state index contributed by atoms with van der Waals surface area (Å²) in [5.41, 5.74) is 0.951. The van der Waals surface area contributed by atoms with Crippen LogP contribution < -0.4 is 15.4 Å². The third-order valence-corrected chi connectivity index (χ3v) is 6.33. The Bertz CT molecular complexity index is 988. The molecule has 0 radical (unpaired) electrons. The van der Waals surface area contributed by atoms with E-state index in [1.165, 1.54) is 11.3 Å². The van der Waals surface area contributed by atoms with Gasteiger partial charge in [0.05, 0.1) is 12.0 Å². The van der Waals surface area contributed by atoms with Gasteiger partial charge in [-0.1, -0.05) is 0 Å². The fourth-order valence-electron chi connectivity index (χ4n) is 3.47. The van der Waals surface area contributed by atoms with Gasteiger partial charge >= 0.3 is 0 Å². The molecule has 2 aromatic heterocycles. The first-order valence-corrected chi connectivity index (χ1v) is 9.88. The summed E-state index contributed by atoms with van der Waals surface area (Å²) in [5, 5.41) is 11.8. The largest absolute Gasteiger partial charge is 0.497 e. The predicted molar refractivity (Wildman–Crippen MR) is 107 cm³/mol. The second-order valence-electron chi connectivity index (χ2n) is 6.81. The molecule has 0 bridgehead atoms. The maximum Gasteiger partial charge on any atom is 0.268 e. The Morgan fingerprint density at radius 3 is 2.89 bits per heavy atom. The number of ether oxygens (including phenoxy) is 1. The summed E-state index contributed by atoms with van der Waals surface area (Å²) in [5.74, 6) is 2.28. The number of piperidine rings is 1. The molecule has 142 valence electrons. The van der Waals surface area contributed by atoms with Crippen LogP contribution in [0.2, 0.25) is 0 Å². The molecular formula is C19H23N5O2S. The molecular weight excluding hydrogens is 362 g/mol. The van der Waals surface area contributed by atoms with Crippen LogP contribution in [0.5, 0.6) is 5.75 Å². The van der Waals surface area contributed by atoms with Gasteiger partial charge in [0.15, 0.2) is 5.82 Å². The van der Waals surface area contributed by atoms with Gasteiger partial charge in [-0.25, -0.2) is 4.68 Å². The third kappa shape index (κ3) is 3.42. The standard InChI is InChI=1S/C19H23N5O2S/c1-11-14-10-13(26-3)4-5-15(14)27-16(11)18(25)22-19-21-17(23-24(19)2)12-6-8-20-9-7-12/h4-5,10,12,20H,6-9H2,1-3H3,(H,21,22,23,25). The lowest BCUT2D eigenvalue weighted by molar-refractivity contribution is 0.102. The summed E-state index contributed by atoms with van der Waals surface area (Å²) in [4.78, 5) is 18.1. The highest BCUT2D eigenvalue weighted by Gasteiger charge is 2.23. The number of hydrogen-bond acceptors (Lipinski definition) is 6. The average molecular weight is 385 g/mol. The molecule has 0 atom stereocenters. The number of thiophene rings is 1. The predicted octanol–water partition coefficient (Wildman–Crippen LogP) is 3.07. The summed E-state index contributed by atoms with van der Waals surface area (Å²) < 4.78 is 8.01. The molecule has 0 spiro atoms. The molecule has 1 saturated heterocycles. The molecule has 8 heteroatoms. The van der Waals surface area contributed by atoms with Crippen LogP contribution in [0.15, 0.2) is 18.2 Å². The molecule has 3 aromatic rings. The zero-order valence-electron chi connectivity index (χ0n) is 15.7. The fourth-order valence-corrected chi connectivity index (χ4v) is 4.55. The number of amides is 1. The Morgan fingerprint density at radius 2 is 2.15 bits per heavy atom. The lowest BCUT2D eigenvalue weighted by atomic mass is 9.98. The minimum absolute atomic E-state index is 0.153. The van der Waals surface area contributed by atoms with E-state index < -0.39 is 0 Å². The number of nitrogens with zero attached hydrogens (tertiary/aromatic N) is 3. The van der Waals surface area contributed by atoms with E-state index in [-0.39, 0.29) is 5.91 Å². The van der Waals surface area contributed by atoms with Crippen LogP contribution in [-0.4, -0.2) is 40.9 Å². The van der Waals surface area contributed by atoms with Gasteiger partial charge < -0.3 is 10.1 Å². The van der Waals surface area contributed by atoms with Gasteiger partial charge in [0.1, 0.15) is 5.75 Å². The Labute approximate surface area is 161 Å². The van der Waals surface area contributed by atoms with E-state index in [1.54, 1.807) is 11.8 Å². The molecule has 1 amide bonds. The summed E-state index contributed by atoms with van der Waals surface area (Å²) in [6, 6.07) is 5.86. The number of rotatable bonds is 4. The summed E-state index contributed by atoms with van der Waals surface area (Å²) in [6.07, 6.45) is 2.04. The first kappa shape index (κ1) is 17.9. The van der Waals surface area contributed by atoms with Gasteiger partial charge in [-0.05, 0) is 62.0 Å². The van der Waals surface area contributed by atoms with Crippen molar-refractivity contribution in [3.63, 3.8) is 0 Å². The van der Waals surface area contributed by atoms with E-state index >= 15 is 0 Å². The minimum atomic E-state index is -0.153. The van der Waals surface area contributed by atoms with Crippen molar-refractivity contribution in [2.45, 2.75) is 25.7 Å². The number of hydrogen-bond donors (Lipinski definition) is 2. The molecule has 7 nitrogen and oxygen atoms in total. The van der Waals surface area contributed by atoms with Crippen molar-refractivity contribution in [3.8, 4) is 5.75 Å². The van der Waals surface area contributed by atoms with Crippen molar-refractivity contribution in [2.24, 2.45) is 7.05 Å². The number of aryl methyl sites for hydroxylation is 2. The first-order chi connectivity index (χ1) is 13.1. The molecule has 2 N–H and O–H groups in total. The molecule has 3 heterocycles. The second-order valence-corrected chi connectivity index (χ2v) is 7.87. The molecule has 0 unspecified atom stereocenters. The number of carbonyl (C=O) groups excluding carboxylic acids is 1. The van der Waals surface area contributed by atoms with Gasteiger partial charge in [0, 0.05) is 17.7 Å². The summed E-state index contributed by atoms with van der Waals surface area (Å²) in [7, 11) is 3.46. The molecule has 1 aromatic carbocycles. The smallest absolute Gasteiger partial charge is 0.268 e. The normalized spacial score (nSPS) is 15.2. The van der Waals surface area contributed by atoms with E-state index in [4.69, 9.17) is 4.74 Å². The number of fused-ring (bicyclic) bond motifs is 1. The number of benzene rings is 1. The molecule has 27 heavy (non-hydrogen) atoms. The van der Waals surface area contributed by atoms with E-state index in [2.05, 4.69) is 20.7 Å². The van der Waals surface area contributed by atoms with Crippen molar-refractivity contribution in [1.29, 1.82) is 0 Å². The third-order valence-electron chi connectivity index (χ3n) is 5.06. The zero-order chi connectivity index (χ0) is 19.0. The Balaban J connectivity index is 1.58. The maximum atomic E-state index is 12.9. The maximum absolute atomic E-state index is 12.9. The topological polar surface area (TPSA) is 81.1 Å². The van der Waals surface area contributed by atoms with Crippen LogP contribution >= 0.6 is 11.3 Å². The number of aromatic nitrogens is 3. The van der Waals surface area contributed by atoms with Crippen LogP contribution in [0.4, 0.5) is 5.95 Å². The monoisotopic (exact) mass is 385 g/mol. The van der Waals surface area contributed by atoms with Crippen molar-refractivity contribution in [2.75, 3.05) is 25.5 Å². The van der Waals surface area contributed by atoms with E-state index in [1.807, 2.05) is 32.2 Å².